The highest BCUT2D eigenvalue weighted by Crippen LogP contribution is 2.26. The van der Waals surface area contributed by atoms with Crippen molar-refractivity contribution in [2.24, 2.45) is 5.92 Å². The molecule has 2 aliphatic rings. The Morgan fingerprint density at radius 3 is 3.00 bits per heavy atom. The minimum atomic E-state index is 0.110. The highest BCUT2D eigenvalue weighted by Gasteiger charge is 2.24. The predicted molar refractivity (Wildman–Crippen MR) is 95.0 cm³/mol. The Kier molecular flexibility index (Phi) is 4.74. The highest BCUT2D eigenvalue weighted by molar-refractivity contribution is 5.79. The molecule has 0 aromatic carbocycles. The summed E-state index contributed by atoms with van der Waals surface area (Å²) >= 11 is 0. The molecule has 1 fully saturated rings. The summed E-state index contributed by atoms with van der Waals surface area (Å²) in [5, 5.41) is 11.2. The summed E-state index contributed by atoms with van der Waals surface area (Å²) in [7, 11) is 0. The lowest BCUT2D eigenvalue weighted by atomic mass is 9.94. The van der Waals surface area contributed by atoms with E-state index in [9.17, 15) is 4.79 Å². The third-order valence-corrected chi connectivity index (χ3v) is 5.10. The second-order valence-corrected chi connectivity index (χ2v) is 6.80. The number of amides is 1. The molecule has 132 valence electrons. The van der Waals surface area contributed by atoms with Gasteiger partial charge in [0.25, 0.3) is 0 Å². The molecule has 0 unspecified atom stereocenters. The van der Waals surface area contributed by atoms with Crippen LogP contribution in [0.4, 0.5) is 0 Å². The molecule has 2 atom stereocenters. The molecule has 7 heteroatoms. The monoisotopic (exact) mass is 340 g/mol. The molecule has 0 spiro atoms. The molecule has 1 saturated heterocycles. The van der Waals surface area contributed by atoms with Gasteiger partial charge in [0.15, 0.2) is 5.65 Å². The smallest absolute Gasteiger partial charge is 0.223 e. The first-order valence-electron chi connectivity index (χ1n) is 9.14. The van der Waals surface area contributed by atoms with Gasteiger partial charge in [-0.05, 0) is 32.2 Å². The molecule has 2 N–H and O–H groups in total. The second kappa shape index (κ2) is 7.31. The summed E-state index contributed by atoms with van der Waals surface area (Å²) in [4.78, 5) is 21.2. The number of hydrogen-bond acceptors (Lipinski definition) is 5. The Bertz CT molecular complexity index is 777. The lowest BCUT2D eigenvalue weighted by Crippen LogP contribution is -2.33. The van der Waals surface area contributed by atoms with Crippen molar-refractivity contribution in [3.8, 4) is 0 Å². The van der Waals surface area contributed by atoms with Gasteiger partial charge in [-0.1, -0.05) is 12.2 Å². The average molecular weight is 340 g/mol. The predicted octanol–water partition coefficient (Wildman–Crippen LogP) is 1.38. The second-order valence-electron chi connectivity index (χ2n) is 6.80. The van der Waals surface area contributed by atoms with Crippen LogP contribution in [0.3, 0.4) is 0 Å². The largest absolute Gasteiger partial charge is 0.354 e. The van der Waals surface area contributed by atoms with Crippen LogP contribution in [-0.2, 0) is 11.3 Å². The Morgan fingerprint density at radius 1 is 1.28 bits per heavy atom. The van der Waals surface area contributed by atoms with E-state index in [2.05, 4.69) is 32.8 Å². The van der Waals surface area contributed by atoms with Crippen LogP contribution in [0.1, 0.15) is 37.3 Å². The maximum absolute atomic E-state index is 12.3. The van der Waals surface area contributed by atoms with Crippen LogP contribution in [0.2, 0.25) is 0 Å². The molecular formula is C18H24N6O. The first-order chi connectivity index (χ1) is 12.3. The molecule has 2 aromatic rings. The van der Waals surface area contributed by atoms with E-state index in [4.69, 9.17) is 5.10 Å². The molecule has 2 aromatic heterocycles. The molecule has 0 saturated carbocycles. The Labute approximate surface area is 146 Å². The van der Waals surface area contributed by atoms with E-state index < -0.39 is 0 Å². The number of nitrogens with zero attached hydrogens (tertiary/aromatic N) is 4. The molecule has 1 aliphatic heterocycles. The number of nitrogens with one attached hydrogen (secondary N) is 2. The zero-order chi connectivity index (χ0) is 17.1. The standard InChI is InChI=1S/C18H24N6O/c25-18(13-4-2-1-3-5-13)22-10-11-24-17-16(20-8-9-21-17)15(23-24)14-6-7-19-12-14/h1-2,8-9,13-14,19H,3-7,10-12H2,(H,22,25)/t13-,14-/m1/s1. The minimum Gasteiger partial charge on any atom is -0.354 e. The number of carbonyl (C=O) groups is 1. The van der Waals surface area contributed by atoms with Gasteiger partial charge in [0.1, 0.15) is 5.52 Å². The first-order valence-corrected chi connectivity index (χ1v) is 9.14. The van der Waals surface area contributed by atoms with Crippen LogP contribution < -0.4 is 10.6 Å². The maximum Gasteiger partial charge on any atom is 0.223 e. The van der Waals surface area contributed by atoms with Crippen molar-refractivity contribution in [3.05, 3.63) is 30.2 Å². The topological polar surface area (TPSA) is 84.7 Å². The van der Waals surface area contributed by atoms with Crippen molar-refractivity contribution < 1.29 is 4.79 Å². The van der Waals surface area contributed by atoms with Gasteiger partial charge in [0.05, 0.1) is 12.2 Å². The van der Waals surface area contributed by atoms with Gasteiger partial charge in [0, 0.05) is 37.3 Å². The van der Waals surface area contributed by atoms with E-state index in [1.54, 1.807) is 12.4 Å². The van der Waals surface area contributed by atoms with E-state index in [0.717, 1.165) is 55.6 Å². The lowest BCUT2D eigenvalue weighted by Gasteiger charge is -2.17. The van der Waals surface area contributed by atoms with Gasteiger partial charge < -0.3 is 10.6 Å². The number of fused-ring (bicyclic) bond motifs is 1. The summed E-state index contributed by atoms with van der Waals surface area (Å²) in [5.74, 6) is 0.649. The van der Waals surface area contributed by atoms with E-state index in [0.29, 0.717) is 19.0 Å². The molecule has 4 rings (SSSR count). The van der Waals surface area contributed by atoms with Crippen molar-refractivity contribution >= 4 is 17.1 Å². The fourth-order valence-corrected chi connectivity index (χ4v) is 3.71. The fourth-order valence-electron chi connectivity index (χ4n) is 3.71. The Morgan fingerprint density at radius 2 is 2.20 bits per heavy atom. The summed E-state index contributed by atoms with van der Waals surface area (Å²) in [6.07, 6.45) is 11.5. The van der Waals surface area contributed by atoms with Crippen LogP contribution in [0.25, 0.3) is 11.2 Å². The van der Waals surface area contributed by atoms with Gasteiger partial charge in [-0.2, -0.15) is 5.10 Å². The van der Waals surface area contributed by atoms with E-state index in [-0.39, 0.29) is 11.8 Å². The lowest BCUT2D eigenvalue weighted by molar-refractivity contribution is -0.125. The molecule has 0 bridgehead atoms. The highest BCUT2D eigenvalue weighted by atomic mass is 16.1. The number of carbonyl (C=O) groups excluding carboxylic acids is 1. The van der Waals surface area contributed by atoms with Gasteiger partial charge in [-0.25, -0.2) is 14.6 Å². The number of aromatic nitrogens is 4. The zero-order valence-electron chi connectivity index (χ0n) is 14.3. The number of hydrogen-bond donors (Lipinski definition) is 2. The number of rotatable bonds is 5. The minimum absolute atomic E-state index is 0.110. The molecular weight excluding hydrogens is 316 g/mol. The van der Waals surface area contributed by atoms with Crippen LogP contribution >= 0.6 is 0 Å². The van der Waals surface area contributed by atoms with Crippen molar-refractivity contribution in [1.29, 1.82) is 0 Å². The SMILES string of the molecule is O=C(NCCn1nc([C@@H]2CCNC2)c2nccnc21)[C@@H]1CC=CCC1. The van der Waals surface area contributed by atoms with E-state index in [1.165, 1.54) is 0 Å². The summed E-state index contributed by atoms with van der Waals surface area (Å²) in [6.45, 7) is 3.14. The zero-order valence-corrected chi connectivity index (χ0v) is 14.3. The summed E-state index contributed by atoms with van der Waals surface area (Å²) in [6, 6.07) is 0. The van der Waals surface area contributed by atoms with Crippen LogP contribution in [0.5, 0.6) is 0 Å². The molecule has 25 heavy (non-hydrogen) atoms. The van der Waals surface area contributed by atoms with Crippen molar-refractivity contribution in [2.45, 2.75) is 38.1 Å². The molecule has 3 heterocycles. The van der Waals surface area contributed by atoms with Crippen LogP contribution in [0.15, 0.2) is 24.5 Å². The van der Waals surface area contributed by atoms with Crippen LogP contribution in [0, 0.1) is 5.92 Å². The van der Waals surface area contributed by atoms with Gasteiger partial charge in [0.2, 0.25) is 5.91 Å². The first kappa shape index (κ1) is 16.2. The van der Waals surface area contributed by atoms with E-state index >= 15 is 0 Å². The van der Waals surface area contributed by atoms with Gasteiger partial charge in [-0.3, -0.25) is 4.79 Å². The normalized spacial score (nSPS) is 23.2. The molecule has 1 amide bonds. The van der Waals surface area contributed by atoms with E-state index in [1.807, 2.05) is 4.68 Å². The fraction of sp³-hybridized carbons (Fsp3) is 0.556. The van der Waals surface area contributed by atoms with Crippen molar-refractivity contribution in [3.63, 3.8) is 0 Å². The Hall–Kier alpha value is -2.28. The number of allylic oxidation sites excluding steroid dienone is 2. The Balaban J connectivity index is 1.44. The quantitative estimate of drug-likeness (QED) is 0.803. The molecule has 0 radical (unpaired) electrons. The van der Waals surface area contributed by atoms with Gasteiger partial charge in [-0.15, -0.1) is 0 Å². The van der Waals surface area contributed by atoms with Crippen LogP contribution in [-0.4, -0.2) is 45.3 Å². The summed E-state index contributed by atoms with van der Waals surface area (Å²) < 4.78 is 1.89. The summed E-state index contributed by atoms with van der Waals surface area (Å²) in [5.41, 5.74) is 2.72. The average Bonchev–Trinajstić information content (AvgIpc) is 3.30. The maximum atomic E-state index is 12.3. The third kappa shape index (κ3) is 3.42. The molecule has 1 aliphatic carbocycles. The van der Waals surface area contributed by atoms with Gasteiger partial charge >= 0.3 is 0 Å². The van der Waals surface area contributed by atoms with Crippen molar-refractivity contribution in [2.75, 3.05) is 19.6 Å². The third-order valence-electron chi connectivity index (χ3n) is 5.10. The van der Waals surface area contributed by atoms with Crippen molar-refractivity contribution in [1.82, 2.24) is 30.4 Å². The molecule has 7 nitrogen and oxygen atoms in total.